The van der Waals surface area contributed by atoms with Crippen molar-refractivity contribution in [2.45, 2.75) is 96.7 Å². The van der Waals surface area contributed by atoms with Crippen molar-refractivity contribution in [2.75, 3.05) is 12.4 Å². The molecule has 1 fully saturated rings. The van der Waals surface area contributed by atoms with Crippen LogP contribution in [0, 0.1) is 5.92 Å². The third-order valence-corrected chi connectivity index (χ3v) is 7.83. The van der Waals surface area contributed by atoms with Crippen LogP contribution >= 0.6 is 0 Å². The number of hydrazone groups is 1. The van der Waals surface area contributed by atoms with Gasteiger partial charge in [0.05, 0.1) is 25.5 Å². The van der Waals surface area contributed by atoms with E-state index in [1.54, 1.807) is 7.11 Å². The number of unbranched alkanes of at least 4 members (excludes halogenated alkanes) is 2. The molecule has 2 atom stereocenters. The van der Waals surface area contributed by atoms with Crippen molar-refractivity contribution in [3.05, 3.63) is 53.6 Å². The van der Waals surface area contributed by atoms with Crippen LogP contribution in [0.4, 0.5) is 5.69 Å². The van der Waals surface area contributed by atoms with Crippen molar-refractivity contribution in [1.29, 1.82) is 0 Å². The summed E-state index contributed by atoms with van der Waals surface area (Å²) in [6, 6.07) is 13.6. The minimum absolute atomic E-state index is 0.0453. The predicted molar refractivity (Wildman–Crippen MR) is 155 cm³/mol. The van der Waals surface area contributed by atoms with Crippen LogP contribution in [0.15, 0.2) is 47.6 Å². The molecular weight excluding hydrogens is 490 g/mol. The van der Waals surface area contributed by atoms with Crippen molar-refractivity contribution >= 4 is 23.6 Å². The van der Waals surface area contributed by atoms with Crippen LogP contribution in [0.1, 0.15) is 89.2 Å². The molecule has 1 heterocycles. The Bertz CT molecular complexity index is 1120. The first-order chi connectivity index (χ1) is 19.0. The van der Waals surface area contributed by atoms with Gasteiger partial charge in [-0.1, -0.05) is 38.8 Å². The van der Waals surface area contributed by atoms with Crippen molar-refractivity contribution in [1.82, 2.24) is 5.01 Å². The molecule has 1 saturated carbocycles. The summed E-state index contributed by atoms with van der Waals surface area (Å²) in [5.41, 5.74) is 3.80. The van der Waals surface area contributed by atoms with E-state index in [1.165, 1.54) is 12.8 Å². The van der Waals surface area contributed by atoms with E-state index in [1.807, 2.05) is 41.4 Å². The number of carbonyl (C=O) groups excluding carboxylic acids is 2. The molecule has 0 radical (unpaired) electrons. The molecule has 39 heavy (non-hydrogen) atoms. The van der Waals surface area contributed by atoms with Crippen LogP contribution in [0.5, 0.6) is 11.5 Å². The Morgan fingerprint density at radius 3 is 2.51 bits per heavy atom. The standard InChI is InChI=1S/C32H43N3O4/c1-4-6-7-12-31(37)33-26-16-13-23(14-17-26)21-35-27(22-36)19-24(5-2)32(34-35)25-15-18-29(38-3)30(20-25)39-28-10-8-9-11-28/h13-18,20,22,24,27-28H,4-12,19,21H2,1-3H3,(H,33,37). The Hall–Kier alpha value is -3.35. The lowest BCUT2D eigenvalue weighted by Crippen LogP contribution is -2.41. The zero-order valence-electron chi connectivity index (χ0n) is 23.7. The molecule has 2 aromatic carbocycles. The van der Waals surface area contributed by atoms with Crippen molar-refractivity contribution in [3.8, 4) is 11.5 Å². The van der Waals surface area contributed by atoms with Crippen LogP contribution in [0.3, 0.4) is 0 Å². The summed E-state index contributed by atoms with van der Waals surface area (Å²) in [6.07, 6.45) is 11.0. The Morgan fingerprint density at radius 1 is 1.08 bits per heavy atom. The largest absolute Gasteiger partial charge is 0.493 e. The molecule has 0 aromatic heterocycles. The molecule has 0 bridgehead atoms. The van der Waals surface area contributed by atoms with Gasteiger partial charge in [-0.25, -0.2) is 0 Å². The van der Waals surface area contributed by atoms with E-state index < -0.39 is 0 Å². The summed E-state index contributed by atoms with van der Waals surface area (Å²) in [6.45, 7) is 4.78. The topological polar surface area (TPSA) is 80.2 Å². The molecule has 7 nitrogen and oxygen atoms in total. The molecule has 1 N–H and O–H groups in total. The Kier molecular flexibility index (Phi) is 10.4. The van der Waals surface area contributed by atoms with Crippen molar-refractivity contribution in [3.63, 3.8) is 0 Å². The van der Waals surface area contributed by atoms with Crippen molar-refractivity contribution in [2.24, 2.45) is 11.0 Å². The molecule has 2 aromatic rings. The van der Waals surface area contributed by atoms with Gasteiger partial charge < -0.3 is 19.6 Å². The molecule has 2 aliphatic rings. The molecular formula is C32H43N3O4. The van der Waals surface area contributed by atoms with E-state index in [0.717, 1.165) is 85.3 Å². The number of amides is 1. The molecule has 0 spiro atoms. The Balaban J connectivity index is 1.52. The number of carbonyl (C=O) groups is 2. The number of benzene rings is 2. The molecule has 2 unspecified atom stereocenters. The third kappa shape index (κ3) is 7.61. The van der Waals surface area contributed by atoms with E-state index >= 15 is 0 Å². The average Bonchev–Trinajstić information content (AvgIpc) is 3.47. The van der Waals surface area contributed by atoms with Crippen molar-refractivity contribution < 1.29 is 19.1 Å². The third-order valence-electron chi connectivity index (χ3n) is 7.83. The minimum atomic E-state index is -0.288. The van der Waals surface area contributed by atoms with Gasteiger partial charge in [-0.2, -0.15) is 5.10 Å². The number of hydrogen-bond donors (Lipinski definition) is 1. The summed E-state index contributed by atoms with van der Waals surface area (Å²) < 4.78 is 11.9. The van der Waals surface area contributed by atoms with Gasteiger partial charge in [0.15, 0.2) is 11.5 Å². The van der Waals surface area contributed by atoms with Crippen LogP contribution in [0.2, 0.25) is 0 Å². The van der Waals surface area contributed by atoms with E-state index in [9.17, 15) is 9.59 Å². The van der Waals surface area contributed by atoms with Gasteiger partial charge in [0.2, 0.25) is 5.91 Å². The second-order valence-electron chi connectivity index (χ2n) is 10.7. The summed E-state index contributed by atoms with van der Waals surface area (Å²) in [4.78, 5) is 24.3. The number of ether oxygens (including phenoxy) is 2. The quantitative estimate of drug-likeness (QED) is 0.228. The maximum Gasteiger partial charge on any atom is 0.224 e. The fourth-order valence-corrected chi connectivity index (χ4v) is 5.50. The van der Waals surface area contributed by atoms with Gasteiger partial charge in [0, 0.05) is 23.6 Å². The lowest BCUT2D eigenvalue weighted by Gasteiger charge is -2.35. The molecule has 4 rings (SSSR count). The summed E-state index contributed by atoms with van der Waals surface area (Å²) in [7, 11) is 1.67. The zero-order valence-corrected chi connectivity index (χ0v) is 23.7. The lowest BCUT2D eigenvalue weighted by molar-refractivity contribution is -0.116. The SMILES string of the molecule is CCCCCC(=O)Nc1ccc(CN2N=C(c3ccc(OC)c(OC4CCCC4)c3)C(CC)CC2C=O)cc1. The second kappa shape index (κ2) is 14.2. The number of methoxy groups -OCH3 is 1. The summed E-state index contributed by atoms with van der Waals surface area (Å²) in [5.74, 6) is 1.71. The van der Waals surface area contributed by atoms with Gasteiger partial charge >= 0.3 is 0 Å². The van der Waals surface area contributed by atoms with Crippen LogP contribution in [0.25, 0.3) is 0 Å². The zero-order chi connectivity index (χ0) is 27.6. The van der Waals surface area contributed by atoms with Gasteiger partial charge in [-0.05, 0) is 80.8 Å². The average molecular weight is 534 g/mol. The first kappa shape index (κ1) is 28.7. The molecule has 210 valence electrons. The minimum Gasteiger partial charge on any atom is -0.493 e. The summed E-state index contributed by atoms with van der Waals surface area (Å²) in [5, 5.41) is 9.92. The maximum atomic E-state index is 12.2. The Morgan fingerprint density at radius 2 is 1.85 bits per heavy atom. The highest BCUT2D eigenvalue weighted by Gasteiger charge is 2.31. The molecule has 7 heteroatoms. The van der Waals surface area contributed by atoms with E-state index in [0.29, 0.717) is 13.0 Å². The molecule has 1 amide bonds. The first-order valence-corrected chi connectivity index (χ1v) is 14.6. The molecule has 1 aliphatic heterocycles. The van der Waals surface area contributed by atoms with Gasteiger partial charge in [0.25, 0.3) is 0 Å². The van der Waals surface area contributed by atoms with Gasteiger partial charge in [-0.15, -0.1) is 0 Å². The van der Waals surface area contributed by atoms with Gasteiger partial charge in [-0.3, -0.25) is 9.80 Å². The fraction of sp³-hybridized carbons (Fsp3) is 0.531. The first-order valence-electron chi connectivity index (χ1n) is 14.6. The van der Waals surface area contributed by atoms with Crippen LogP contribution in [-0.2, 0) is 16.1 Å². The van der Waals surface area contributed by atoms with Gasteiger partial charge in [0.1, 0.15) is 12.3 Å². The molecule has 1 aliphatic carbocycles. The number of anilines is 1. The highest BCUT2D eigenvalue weighted by atomic mass is 16.5. The van der Waals surface area contributed by atoms with E-state index in [-0.39, 0.29) is 24.0 Å². The molecule has 0 saturated heterocycles. The van der Waals surface area contributed by atoms with Crippen LogP contribution < -0.4 is 14.8 Å². The van der Waals surface area contributed by atoms with Crippen LogP contribution in [-0.4, -0.2) is 42.2 Å². The maximum absolute atomic E-state index is 12.2. The predicted octanol–water partition coefficient (Wildman–Crippen LogP) is 6.74. The number of nitrogens with one attached hydrogen (secondary N) is 1. The lowest BCUT2D eigenvalue weighted by atomic mass is 9.87. The highest BCUT2D eigenvalue weighted by molar-refractivity contribution is 6.03. The summed E-state index contributed by atoms with van der Waals surface area (Å²) >= 11 is 0. The normalized spacial score (nSPS) is 19.5. The smallest absolute Gasteiger partial charge is 0.224 e. The number of rotatable bonds is 13. The van der Waals surface area contributed by atoms with E-state index in [4.69, 9.17) is 14.6 Å². The number of nitrogens with zero attached hydrogens (tertiary/aromatic N) is 2. The van der Waals surface area contributed by atoms with E-state index in [2.05, 4.69) is 25.2 Å². The monoisotopic (exact) mass is 533 g/mol. The number of aldehydes is 1. The fourth-order valence-electron chi connectivity index (χ4n) is 5.50. The highest BCUT2D eigenvalue weighted by Crippen LogP contribution is 2.35. The second-order valence-corrected chi connectivity index (χ2v) is 10.7. The Labute approximate surface area is 233 Å². The number of hydrogen-bond acceptors (Lipinski definition) is 6.